The topological polar surface area (TPSA) is 3.88 Å². The normalized spacial score (nSPS) is 16.3. The van der Waals surface area contributed by atoms with Gasteiger partial charge in [-0.2, -0.15) is 0 Å². The molecule has 1 aliphatic rings. The molecule has 30 heavy (non-hydrogen) atoms. The lowest BCUT2D eigenvalue weighted by Crippen LogP contribution is -2.35. The molecule has 0 saturated heterocycles. The molecular formula is C29H44N+. The van der Waals surface area contributed by atoms with Crippen LogP contribution in [-0.4, -0.2) is 0 Å². The van der Waals surface area contributed by atoms with Crippen LogP contribution in [0.3, 0.4) is 0 Å². The van der Waals surface area contributed by atoms with Gasteiger partial charge in [-0.1, -0.05) is 79.9 Å². The Hall–Kier alpha value is -1.63. The summed E-state index contributed by atoms with van der Waals surface area (Å²) in [4.78, 5) is 0. The molecule has 1 aromatic heterocycles. The van der Waals surface area contributed by atoms with Crippen molar-refractivity contribution in [1.29, 1.82) is 0 Å². The van der Waals surface area contributed by atoms with Gasteiger partial charge in [-0.05, 0) is 65.2 Å². The number of hydrogen-bond donors (Lipinski definition) is 0. The molecule has 1 nitrogen and oxygen atoms in total. The lowest BCUT2D eigenvalue weighted by Gasteiger charge is -2.38. The molecule has 0 atom stereocenters. The second kappa shape index (κ2) is 8.48. The Bertz CT molecular complexity index is 889. The van der Waals surface area contributed by atoms with Crippen LogP contribution < -0.4 is 4.57 Å². The van der Waals surface area contributed by atoms with Crippen LogP contribution >= 0.6 is 0 Å². The lowest BCUT2D eigenvalue weighted by molar-refractivity contribution is -0.661. The van der Waals surface area contributed by atoms with Gasteiger partial charge < -0.3 is 0 Å². The van der Waals surface area contributed by atoms with Crippen LogP contribution in [0.4, 0.5) is 0 Å². The molecule has 1 aromatic carbocycles. The fourth-order valence-corrected chi connectivity index (χ4v) is 5.45. The third kappa shape index (κ3) is 4.51. The van der Waals surface area contributed by atoms with E-state index < -0.39 is 0 Å². The number of hydrogen-bond acceptors (Lipinski definition) is 0. The summed E-state index contributed by atoms with van der Waals surface area (Å²) >= 11 is 0. The highest BCUT2D eigenvalue weighted by atomic mass is 14.9. The predicted octanol–water partition coefficient (Wildman–Crippen LogP) is 7.77. The van der Waals surface area contributed by atoms with Crippen LogP contribution in [0.15, 0.2) is 30.5 Å². The highest BCUT2D eigenvalue weighted by Gasteiger charge is 2.33. The maximum absolute atomic E-state index is 2.47. The van der Waals surface area contributed by atoms with Gasteiger partial charge in [0.1, 0.15) is 7.05 Å². The number of nitrogens with zero attached hydrogens (tertiary/aromatic N) is 1. The summed E-state index contributed by atoms with van der Waals surface area (Å²) in [6.45, 7) is 18.8. The highest BCUT2D eigenvalue weighted by Crippen LogP contribution is 2.42. The van der Waals surface area contributed by atoms with E-state index in [2.05, 4.69) is 97.5 Å². The van der Waals surface area contributed by atoms with Gasteiger partial charge in [0.25, 0.3) is 0 Å². The van der Waals surface area contributed by atoms with Crippen LogP contribution in [0.5, 0.6) is 0 Å². The highest BCUT2D eigenvalue weighted by molar-refractivity contribution is 5.63. The minimum absolute atomic E-state index is 0.152. The zero-order valence-electron chi connectivity index (χ0n) is 21.0. The maximum atomic E-state index is 2.47. The van der Waals surface area contributed by atoms with Gasteiger partial charge in [0, 0.05) is 17.2 Å². The first-order valence-corrected chi connectivity index (χ1v) is 12.1. The van der Waals surface area contributed by atoms with Crippen molar-refractivity contribution >= 4 is 0 Å². The minimum atomic E-state index is 0.152. The number of aryl methyl sites for hydroxylation is 2. The fourth-order valence-electron chi connectivity index (χ4n) is 5.45. The molecule has 0 aliphatic heterocycles. The molecule has 0 amide bonds. The second-order valence-corrected chi connectivity index (χ2v) is 11.6. The van der Waals surface area contributed by atoms with Crippen molar-refractivity contribution in [3.05, 3.63) is 52.7 Å². The van der Waals surface area contributed by atoms with E-state index in [1.165, 1.54) is 65.6 Å². The van der Waals surface area contributed by atoms with Gasteiger partial charge in [0.15, 0.2) is 6.20 Å². The van der Waals surface area contributed by atoms with E-state index in [0.29, 0.717) is 5.92 Å². The second-order valence-electron chi connectivity index (χ2n) is 11.6. The third-order valence-corrected chi connectivity index (χ3v) is 7.61. The minimum Gasteiger partial charge on any atom is -0.201 e. The van der Waals surface area contributed by atoms with Gasteiger partial charge in [-0.25, -0.2) is 4.57 Å². The Morgan fingerprint density at radius 1 is 0.933 bits per heavy atom. The molecule has 0 N–H and O–H groups in total. The molecule has 0 spiro atoms. The van der Waals surface area contributed by atoms with Crippen LogP contribution in [0.25, 0.3) is 11.3 Å². The quantitative estimate of drug-likeness (QED) is 0.457. The van der Waals surface area contributed by atoms with E-state index in [-0.39, 0.29) is 10.8 Å². The number of aromatic nitrogens is 1. The number of rotatable bonds is 4. The Morgan fingerprint density at radius 3 is 2.10 bits per heavy atom. The van der Waals surface area contributed by atoms with Crippen molar-refractivity contribution in [3.63, 3.8) is 0 Å². The zero-order chi connectivity index (χ0) is 22.3. The summed E-state index contributed by atoms with van der Waals surface area (Å²) in [7, 11) is 2.20. The molecule has 164 valence electrons. The van der Waals surface area contributed by atoms with Crippen LogP contribution in [0, 0.1) is 12.8 Å². The fraction of sp³-hybridized carbons (Fsp3) is 0.621. The van der Waals surface area contributed by atoms with E-state index in [4.69, 9.17) is 0 Å². The third-order valence-electron chi connectivity index (χ3n) is 7.61. The van der Waals surface area contributed by atoms with Crippen molar-refractivity contribution in [1.82, 2.24) is 0 Å². The first-order chi connectivity index (χ1) is 13.9. The van der Waals surface area contributed by atoms with Crippen LogP contribution in [-0.2, 0) is 17.9 Å². The van der Waals surface area contributed by atoms with Crippen molar-refractivity contribution < 1.29 is 4.57 Å². The number of pyridine rings is 1. The van der Waals surface area contributed by atoms with E-state index in [1.807, 2.05) is 0 Å². The Balaban J connectivity index is 2.04. The lowest BCUT2D eigenvalue weighted by atomic mass is 9.67. The van der Waals surface area contributed by atoms with Crippen LogP contribution in [0.1, 0.15) is 109 Å². The van der Waals surface area contributed by atoms with Crippen molar-refractivity contribution in [2.24, 2.45) is 13.0 Å². The summed E-state index contributed by atoms with van der Waals surface area (Å²) in [6.07, 6.45) is 9.36. The molecular weight excluding hydrogens is 362 g/mol. The summed E-state index contributed by atoms with van der Waals surface area (Å²) < 4.78 is 2.33. The van der Waals surface area contributed by atoms with E-state index in [1.54, 1.807) is 0 Å². The molecule has 1 heteroatoms. The Morgan fingerprint density at radius 2 is 1.57 bits per heavy atom. The molecule has 1 heterocycles. The summed E-state index contributed by atoms with van der Waals surface area (Å²) in [6, 6.07) is 9.70. The predicted molar refractivity (Wildman–Crippen MR) is 130 cm³/mol. The van der Waals surface area contributed by atoms with Crippen LogP contribution in [0.2, 0.25) is 0 Å². The van der Waals surface area contributed by atoms with Gasteiger partial charge >= 0.3 is 0 Å². The van der Waals surface area contributed by atoms with Crippen molar-refractivity contribution in [2.45, 2.75) is 104 Å². The first-order valence-electron chi connectivity index (χ1n) is 12.1. The molecule has 0 unspecified atom stereocenters. The van der Waals surface area contributed by atoms with E-state index in [0.717, 1.165) is 5.92 Å². The SMILES string of the molecule is Cc1cc(C(C)(C)C2CCCCC2)ccc1-c1cc(C(C)C)c(C(C)(C)C)c[n+]1C. The Kier molecular flexibility index (Phi) is 6.51. The number of benzene rings is 1. The molecule has 3 rings (SSSR count). The molecule has 2 aromatic rings. The van der Waals surface area contributed by atoms with E-state index in [9.17, 15) is 0 Å². The van der Waals surface area contributed by atoms with Crippen molar-refractivity contribution in [2.75, 3.05) is 0 Å². The Labute approximate surface area is 185 Å². The molecule has 0 radical (unpaired) electrons. The van der Waals surface area contributed by atoms with E-state index >= 15 is 0 Å². The monoisotopic (exact) mass is 406 g/mol. The molecule has 1 fully saturated rings. The average Bonchev–Trinajstić information content (AvgIpc) is 2.67. The largest absolute Gasteiger partial charge is 0.212 e. The van der Waals surface area contributed by atoms with Gasteiger partial charge in [-0.3, -0.25) is 0 Å². The van der Waals surface area contributed by atoms with Gasteiger partial charge in [0.2, 0.25) is 5.69 Å². The molecule has 1 aliphatic carbocycles. The first kappa shape index (κ1) is 23.0. The summed E-state index contributed by atoms with van der Waals surface area (Å²) in [5, 5.41) is 0. The molecule has 0 bridgehead atoms. The smallest absolute Gasteiger partial charge is 0.201 e. The van der Waals surface area contributed by atoms with Gasteiger partial charge in [0.05, 0.1) is 0 Å². The maximum Gasteiger partial charge on any atom is 0.212 e. The van der Waals surface area contributed by atoms with Gasteiger partial charge in [-0.15, -0.1) is 0 Å². The molecule has 1 saturated carbocycles. The zero-order valence-corrected chi connectivity index (χ0v) is 21.0. The summed E-state index contributed by atoms with van der Waals surface area (Å²) in [5.41, 5.74) is 8.93. The average molecular weight is 407 g/mol. The summed E-state index contributed by atoms with van der Waals surface area (Å²) in [5.74, 6) is 1.33. The van der Waals surface area contributed by atoms with Crippen molar-refractivity contribution in [3.8, 4) is 11.3 Å². The standard InChI is InChI=1S/C29H44N/c1-20(2)25-18-27(30(9)19-26(25)28(4,5)6)24-16-15-23(17-21(24)3)29(7,8)22-13-11-10-12-14-22/h15-20,22H,10-14H2,1-9H3/q+1.